The average molecular weight is 357 g/mol. The van der Waals surface area contributed by atoms with Crippen LogP contribution in [-0.2, 0) is 4.79 Å². The molecular formula is C19H23N3O4. The summed E-state index contributed by atoms with van der Waals surface area (Å²) in [6.45, 7) is 0.0708. The standard InChI is InChI=1S/C19H23N3O4/c1-22(2)19(24)13-5-7-14(8-6-13)20-12-18(23)21-16-11-15(25-3)9-10-17(16)26-4/h5-11,20H,12H2,1-4H3,(H,21,23). The largest absolute Gasteiger partial charge is 0.497 e. The van der Waals surface area contributed by atoms with E-state index in [9.17, 15) is 9.59 Å². The normalized spacial score (nSPS) is 10.0. The Hall–Kier alpha value is -3.22. The van der Waals surface area contributed by atoms with Crippen molar-refractivity contribution in [2.75, 3.05) is 45.5 Å². The SMILES string of the molecule is COc1ccc(OC)c(NC(=O)CNc2ccc(C(=O)N(C)C)cc2)c1. The molecule has 0 saturated carbocycles. The second-order valence-corrected chi connectivity index (χ2v) is 5.74. The molecule has 7 heteroatoms. The van der Waals surface area contributed by atoms with E-state index in [2.05, 4.69) is 10.6 Å². The fourth-order valence-electron chi connectivity index (χ4n) is 2.28. The summed E-state index contributed by atoms with van der Waals surface area (Å²) in [4.78, 5) is 25.6. The third kappa shape index (κ3) is 4.89. The minimum absolute atomic E-state index is 0.0700. The first-order valence-electron chi connectivity index (χ1n) is 8.02. The molecule has 0 spiro atoms. The number of ether oxygens (including phenoxy) is 2. The molecule has 138 valence electrons. The van der Waals surface area contributed by atoms with Crippen molar-refractivity contribution in [1.29, 1.82) is 0 Å². The molecule has 0 aromatic heterocycles. The minimum atomic E-state index is -0.231. The van der Waals surface area contributed by atoms with Gasteiger partial charge in [0.25, 0.3) is 5.91 Å². The van der Waals surface area contributed by atoms with Crippen molar-refractivity contribution in [3.8, 4) is 11.5 Å². The molecule has 0 radical (unpaired) electrons. The number of nitrogens with zero attached hydrogens (tertiary/aromatic N) is 1. The van der Waals surface area contributed by atoms with Gasteiger partial charge in [0.15, 0.2) is 0 Å². The van der Waals surface area contributed by atoms with Crippen LogP contribution in [0.5, 0.6) is 11.5 Å². The van der Waals surface area contributed by atoms with Gasteiger partial charge in [0.05, 0.1) is 26.5 Å². The van der Waals surface area contributed by atoms with Gasteiger partial charge in [0.2, 0.25) is 5.91 Å². The smallest absolute Gasteiger partial charge is 0.253 e. The molecule has 2 amide bonds. The molecule has 0 aliphatic carbocycles. The third-order valence-corrected chi connectivity index (χ3v) is 3.67. The molecule has 0 saturated heterocycles. The predicted molar refractivity (Wildman–Crippen MR) is 101 cm³/mol. The van der Waals surface area contributed by atoms with Crippen molar-refractivity contribution in [1.82, 2.24) is 4.90 Å². The van der Waals surface area contributed by atoms with Crippen LogP contribution in [0.4, 0.5) is 11.4 Å². The average Bonchev–Trinajstić information content (AvgIpc) is 2.66. The Labute approximate surface area is 152 Å². The van der Waals surface area contributed by atoms with Crippen LogP contribution in [0, 0.1) is 0 Å². The molecule has 0 bridgehead atoms. The Morgan fingerprint density at radius 3 is 2.27 bits per heavy atom. The Bertz CT molecular complexity index is 773. The number of nitrogens with one attached hydrogen (secondary N) is 2. The summed E-state index contributed by atoms with van der Waals surface area (Å²) in [5.41, 5.74) is 1.87. The first kappa shape index (κ1) is 19.1. The lowest BCUT2D eigenvalue weighted by molar-refractivity contribution is -0.114. The van der Waals surface area contributed by atoms with Gasteiger partial charge < -0.3 is 25.0 Å². The Morgan fingerprint density at radius 2 is 1.69 bits per heavy atom. The van der Waals surface area contributed by atoms with Crippen molar-refractivity contribution < 1.29 is 19.1 Å². The van der Waals surface area contributed by atoms with Crippen LogP contribution in [0.3, 0.4) is 0 Å². The summed E-state index contributed by atoms with van der Waals surface area (Å²) in [7, 11) is 6.49. The number of anilines is 2. The molecule has 2 aromatic rings. The monoisotopic (exact) mass is 357 g/mol. The van der Waals surface area contributed by atoms with E-state index >= 15 is 0 Å². The molecule has 7 nitrogen and oxygen atoms in total. The molecule has 2 rings (SSSR count). The Morgan fingerprint density at radius 1 is 1.00 bits per heavy atom. The number of rotatable bonds is 7. The third-order valence-electron chi connectivity index (χ3n) is 3.67. The van der Waals surface area contributed by atoms with E-state index in [1.165, 1.54) is 12.0 Å². The zero-order chi connectivity index (χ0) is 19.1. The van der Waals surface area contributed by atoms with Gasteiger partial charge >= 0.3 is 0 Å². The predicted octanol–water partition coefficient (Wildman–Crippen LogP) is 2.46. The zero-order valence-electron chi connectivity index (χ0n) is 15.3. The van der Waals surface area contributed by atoms with Crippen LogP contribution in [0.1, 0.15) is 10.4 Å². The van der Waals surface area contributed by atoms with E-state index in [1.807, 2.05) is 0 Å². The van der Waals surface area contributed by atoms with Gasteiger partial charge in [-0.15, -0.1) is 0 Å². The lowest BCUT2D eigenvalue weighted by Crippen LogP contribution is -2.23. The highest BCUT2D eigenvalue weighted by Crippen LogP contribution is 2.28. The van der Waals surface area contributed by atoms with E-state index < -0.39 is 0 Å². The van der Waals surface area contributed by atoms with Crippen LogP contribution in [0.2, 0.25) is 0 Å². The molecule has 0 atom stereocenters. The molecule has 0 aliphatic rings. The van der Waals surface area contributed by atoms with Gasteiger partial charge in [-0.1, -0.05) is 0 Å². The summed E-state index contributed by atoms with van der Waals surface area (Å²) in [5.74, 6) is 0.866. The highest BCUT2D eigenvalue weighted by atomic mass is 16.5. The van der Waals surface area contributed by atoms with Crippen molar-refractivity contribution in [2.24, 2.45) is 0 Å². The lowest BCUT2D eigenvalue weighted by atomic mass is 10.2. The number of carbonyl (C=O) groups excluding carboxylic acids is 2. The van der Waals surface area contributed by atoms with Crippen LogP contribution in [-0.4, -0.2) is 51.6 Å². The fraction of sp³-hybridized carbons (Fsp3) is 0.263. The topological polar surface area (TPSA) is 79.9 Å². The summed E-state index contributed by atoms with van der Waals surface area (Å²) in [5, 5.41) is 5.80. The van der Waals surface area contributed by atoms with Crippen molar-refractivity contribution in [3.63, 3.8) is 0 Å². The summed E-state index contributed by atoms with van der Waals surface area (Å²) in [6, 6.07) is 12.1. The number of carbonyl (C=O) groups is 2. The van der Waals surface area contributed by atoms with Gasteiger partial charge in [0.1, 0.15) is 11.5 Å². The molecule has 2 aromatic carbocycles. The Balaban J connectivity index is 1.96. The second-order valence-electron chi connectivity index (χ2n) is 5.74. The van der Waals surface area contributed by atoms with E-state index in [-0.39, 0.29) is 18.4 Å². The Kier molecular flexibility index (Phi) is 6.43. The number of benzene rings is 2. The maximum Gasteiger partial charge on any atom is 0.253 e. The highest BCUT2D eigenvalue weighted by Gasteiger charge is 2.10. The van der Waals surface area contributed by atoms with E-state index in [1.54, 1.807) is 63.7 Å². The second kappa shape index (κ2) is 8.75. The summed E-state index contributed by atoms with van der Waals surface area (Å²) < 4.78 is 10.4. The maximum absolute atomic E-state index is 12.2. The van der Waals surface area contributed by atoms with Gasteiger partial charge in [-0.3, -0.25) is 9.59 Å². The molecule has 0 aliphatic heterocycles. The number of amides is 2. The minimum Gasteiger partial charge on any atom is -0.497 e. The molecule has 0 fully saturated rings. The van der Waals surface area contributed by atoms with Crippen molar-refractivity contribution in [3.05, 3.63) is 48.0 Å². The van der Waals surface area contributed by atoms with Crippen molar-refractivity contribution >= 4 is 23.2 Å². The number of hydrogen-bond acceptors (Lipinski definition) is 5. The molecule has 2 N–H and O–H groups in total. The van der Waals surface area contributed by atoms with E-state index in [0.29, 0.717) is 22.7 Å². The summed E-state index contributed by atoms with van der Waals surface area (Å²) in [6.07, 6.45) is 0. The molecule has 0 unspecified atom stereocenters. The van der Waals surface area contributed by atoms with E-state index in [4.69, 9.17) is 9.47 Å². The number of methoxy groups -OCH3 is 2. The zero-order valence-corrected chi connectivity index (χ0v) is 15.3. The van der Waals surface area contributed by atoms with Gasteiger partial charge in [-0.05, 0) is 36.4 Å². The van der Waals surface area contributed by atoms with Crippen LogP contribution in [0.25, 0.3) is 0 Å². The lowest BCUT2D eigenvalue weighted by Gasteiger charge is -2.13. The fourth-order valence-corrected chi connectivity index (χ4v) is 2.28. The number of hydrogen-bond donors (Lipinski definition) is 2. The van der Waals surface area contributed by atoms with Gasteiger partial charge in [-0.2, -0.15) is 0 Å². The van der Waals surface area contributed by atoms with Crippen LogP contribution >= 0.6 is 0 Å². The quantitative estimate of drug-likeness (QED) is 0.796. The van der Waals surface area contributed by atoms with Gasteiger partial charge in [-0.25, -0.2) is 0 Å². The molecular weight excluding hydrogens is 334 g/mol. The first-order chi connectivity index (χ1) is 12.4. The first-order valence-corrected chi connectivity index (χ1v) is 8.02. The van der Waals surface area contributed by atoms with Crippen molar-refractivity contribution in [2.45, 2.75) is 0 Å². The highest BCUT2D eigenvalue weighted by molar-refractivity contribution is 5.96. The van der Waals surface area contributed by atoms with Gasteiger partial charge in [0, 0.05) is 31.4 Å². The summed E-state index contributed by atoms with van der Waals surface area (Å²) >= 11 is 0. The van der Waals surface area contributed by atoms with Crippen LogP contribution < -0.4 is 20.1 Å². The molecule has 0 heterocycles. The van der Waals surface area contributed by atoms with Crippen LogP contribution in [0.15, 0.2) is 42.5 Å². The van der Waals surface area contributed by atoms with E-state index in [0.717, 1.165) is 5.69 Å². The maximum atomic E-state index is 12.2. The molecule has 26 heavy (non-hydrogen) atoms.